The van der Waals surface area contributed by atoms with Crippen LogP contribution in [-0.2, 0) is 0 Å². The maximum Gasteiger partial charge on any atom is 0.185 e. The third kappa shape index (κ3) is 5.34. The maximum absolute atomic E-state index is 6.33. The van der Waals surface area contributed by atoms with Crippen molar-refractivity contribution in [2.75, 3.05) is 9.80 Å². The van der Waals surface area contributed by atoms with E-state index < -0.39 is 0 Å². The van der Waals surface area contributed by atoms with Gasteiger partial charge in [0.25, 0.3) is 0 Å². The van der Waals surface area contributed by atoms with E-state index in [1.54, 1.807) is 0 Å². The molecule has 282 valence electrons. The van der Waals surface area contributed by atoms with Gasteiger partial charge >= 0.3 is 0 Å². The largest absolute Gasteiger partial charge is 0.456 e. The van der Waals surface area contributed by atoms with Gasteiger partial charge in [0.2, 0.25) is 0 Å². The fraction of sp³-hybridized carbons (Fsp3) is 0.0357. The Bertz CT molecular complexity index is 3400. The van der Waals surface area contributed by atoms with Gasteiger partial charge in [-0.1, -0.05) is 103 Å². The Labute approximate surface area is 346 Å². The quantitative estimate of drug-likeness (QED) is 0.158. The first kappa shape index (κ1) is 34.1. The van der Waals surface area contributed by atoms with Gasteiger partial charge in [0, 0.05) is 60.6 Å². The van der Waals surface area contributed by atoms with E-state index in [0.717, 1.165) is 94.3 Å². The Morgan fingerprint density at radius 3 is 1.37 bits per heavy atom. The predicted molar refractivity (Wildman–Crippen MR) is 250 cm³/mol. The molecule has 0 aliphatic rings. The number of rotatable bonds is 6. The Morgan fingerprint density at radius 1 is 0.333 bits per heavy atom. The molecule has 12 rings (SSSR count). The third-order valence-corrected chi connectivity index (χ3v) is 11.9. The number of furan rings is 2. The van der Waals surface area contributed by atoms with Crippen molar-refractivity contribution in [1.29, 1.82) is 0 Å². The lowest BCUT2D eigenvalue weighted by molar-refractivity contribution is 0.668. The Balaban J connectivity index is 1.13. The van der Waals surface area contributed by atoms with Crippen LogP contribution in [0.2, 0.25) is 0 Å². The summed E-state index contributed by atoms with van der Waals surface area (Å²) in [5.41, 5.74) is 12.0. The zero-order valence-corrected chi connectivity index (χ0v) is 33.0. The highest BCUT2D eigenvalue weighted by atomic mass is 16.3. The van der Waals surface area contributed by atoms with Gasteiger partial charge in [-0.15, -0.1) is 0 Å². The molecule has 4 heteroatoms. The zero-order chi connectivity index (χ0) is 39.9. The highest BCUT2D eigenvalue weighted by Gasteiger charge is 2.23. The molecule has 0 aliphatic carbocycles. The van der Waals surface area contributed by atoms with Gasteiger partial charge in [0.05, 0.1) is 11.4 Å². The van der Waals surface area contributed by atoms with E-state index in [0.29, 0.717) is 0 Å². The number of hydrogen-bond acceptors (Lipinski definition) is 4. The van der Waals surface area contributed by atoms with E-state index in [2.05, 4.69) is 211 Å². The lowest BCUT2D eigenvalue weighted by atomic mass is 9.93. The SMILES string of the molecule is Cc1c#cc2oc3ccc(N(c4ccccc4)c4cc5c6ccccc6c(N(c6ccccc6)c6ccc7oc8ccc(C)cc8c7c6)cc5c5ccccc45)cc3c2c1. The van der Waals surface area contributed by atoms with Crippen LogP contribution >= 0.6 is 0 Å². The van der Waals surface area contributed by atoms with Gasteiger partial charge in [0.1, 0.15) is 16.7 Å². The van der Waals surface area contributed by atoms with E-state index in [9.17, 15) is 0 Å². The monoisotopic (exact) mass is 768 g/mol. The number of aryl methyl sites for hydroxylation is 2. The molecule has 0 unspecified atom stereocenters. The van der Waals surface area contributed by atoms with Crippen LogP contribution in [-0.4, -0.2) is 0 Å². The van der Waals surface area contributed by atoms with Crippen molar-refractivity contribution in [2.45, 2.75) is 13.8 Å². The van der Waals surface area contributed by atoms with Gasteiger partial charge in [-0.25, -0.2) is 0 Å². The van der Waals surface area contributed by atoms with E-state index >= 15 is 0 Å². The number of fused-ring (bicyclic) bond motifs is 11. The van der Waals surface area contributed by atoms with Crippen molar-refractivity contribution >= 4 is 110 Å². The second-order valence-corrected chi connectivity index (χ2v) is 15.7. The Kier molecular flexibility index (Phi) is 7.54. The summed E-state index contributed by atoms with van der Waals surface area (Å²) in [5, 5.41) is 11.3. The maximum atomic E-state index is 6.33. The van der Waals surface area contributed by atoms with E-state index in [4.69, 9.17) is 8.83 Å². The van der Waals surface area contributed by atoms with Crippen LogP contribution in [0.5, 0.6) is 0 Å². The molecule has 0 amide bonds. The molecule has 0 radical (unpaired) electrons. The first-order valence-corrected chi connectivity index (χ1v) is 20.3. The molecule has 0 saturated heterocycles. The second kappa shape index (κ2) is 13.3. The van der Waals surface area contributed by atoms with Crippen LogP contribution in [0.25, 0.3) is 76.2 Å². The summed E-state index contributed by atoms with van der Waals surface area (Å²) in [6, 6.07) is 71.8. The highest BCUT2D eigenvalue weighted by Crippen LogP contribution is 2.48. The minimum Gasteiger partial charge on any atom is -0.456 e. The molecule has 0 saturated carbocycles. The van der Waals surface area contributed by atoms with Crippen LogP contribution in [0.15, 0.2) is 191 Å². The van der Waals surface area contributed by atoms with Crippen molar-refractivity contribution in [3.05, 3.63) is 205 Å². The predicted octanol–water partition coefficient (Wildman–Crippen LogP) is 16.1. The van der Waals surface area contributed by atoms with Crippen LogP contribution in [0.3, 0.4) is 0 Å². The molecule has 0 N–H and O–H groups in total. The number of anilines is 6. The first-order chi connectivity index (χ1) is 29.6. The fourth-order valence-corrected chi connectivity index (χ4v) is 9.20. The number of nitrogens with zero attached hydrogens (tertiary/aromatic N) is 2. The molecule has 60 heavy (non-hydrogen) atoms. The minimum atomic E-state index is 0.718. The summed E-state index contributed by atoms with van der Waals surface area (Å²) in [4.78, 5) is 4.78. The molecule has 2 aromatic heterocycles. The average Bonchev–Trinajstić information content (AvgIpc) is 3.84. The van der Waals surface area contributed by atoms with E-state index in [1.807, 2.05) is 6.92 Å². The normalized spacial score (nSPS) is 11.7. The van der Waals surface area contributed by atoms with Gasteiger partial charge in [-0.05, 0) is 132 Å². The van der Waals surface area contributed by atoms with Crippen molar-refractivity contribution in [3.8, 4) is 0 Å². The Hall–Kier alpha value is -8.00. The van der Waals surface area contributed by atoms with Gasteiger partial charge in [-0.2, -0.15) is 0 Å². The van der Waals surface area contributed by atoms with E-state index in [1.165, 1.54) is 27.1 Å². The minimum absolute atomic E-state index is 0.718. The molecule has 10 aromatic carbocycles. The highest BCUT2D eigenvalue weighted by molar-refractivity contribution is 6.25. The van der Waals surface area contributed by atoms with E-state index in [-0.39, 0.29) is 0 Å². The van der Waals surface area contributed by atoms with Gasteiger partial charge < -0.3 is 18.6 Å². The Morgan fingerprint density at radius 2 is 0.800 bits per heavy atom. The van der Waals surface area contributed by atoms with Crippen molar-refractivity contribution in [3.63, 3.8) is 0 Å². The van der Waals surface area contributed by atoms with Crippen molar-refractivity contribution in [2.24, 2.45) is 0 Å². The number of para-hydroxylation sites is 2. The summed E-state index contributed by atoms with van der Waals surface area (Å²) < 4.78 is 12.6. The standard InChI is InChI=1S/C56H36N2O2/c1-35-21-25-53-47(29-35)49-31-39(23-27-55(49)59-53)57(37-13-5-3-6-14-37)51-33-45-42-18-10-12-20-44(42)52(34-46(45)41-17-9-11-19-43(41)51)58(38-15-7-4-8-16-38)40-24-28-56-50(32-40)48-30-36(2)22-26-54(48)60-56/h3-21,23-25,27-34H,1-2H3. The molecule has 12 aromatic rings. The smallest absolute Gasteiger partial charge is 0.185 e. The third-order valence-electron chi connectivity index (χ3n) is 11.9. The lowest BCUT2D eigenvalue weighted by Gasteiger charge is -2.29. The molecular formula is C56H36N2O2. The summed E-state index contributed by atoms with van der Waals surface area (Å²) >= 11 is 0. The van der Waals surface area contributed by atoms with Gasteiger partial charge in [0.15, 0.2) is 5.58 Å². The summed E-state index contributed by atoms with van der Waals surface area (Å²) in [6.07, 6.45) is 0. The number of hydrogen-bond donors (Lipinski definition) is 0. The molecule has 0 fully saturated rings. The summed E-state index contributed by atoms with van der Waals surface area (Å²) in [7, 11) is 0. The van der Waals surface area contributed by atoms with Crippen LogP contribution in [0, 0.1) is 26.0 Å². The first-order valence-electron chi connectivity index (χ1n) is 20.3. The van der Waals surface area contributed by atoms with Crippen LogP contribution in [0.4, 0.5) is 34.1 Å². The van der Waals surface area contributed by atoms with Gasteiger partial charge in [-0.3, -0.25) is 0 Å². The molecule has 0 bridgehead atoms. The summed E-state index contributed by atoms with van der Waals surface area (Å²) in [5.74, 6) is 0. The molecule has 2 heterocycles. The molecule has 0 aliphatic heterocycles. The van der Waals surface area contributed by atoms with Crippen molar-refractivity contribution < 1.29 is 8.83 Å². The topological polar surface area (TPSA) is 32.8 Å². The molecule has 0 spiro atoms. The van der Waals surface area contributed by atoms with Crippen LogP contribution < -0.4 is 9.80 Å². The van der Waals surface area contributed by atoms with Crippen LogP contribution in [0.1, 0.15) is 11.1 Å². The molecule has 4 nitrogen and oxygen atoms in total. The lowest BCUT2D eigenvalue weighted by Crippen LogP contribution is -2.11. The molecular weight excluding hydrogens is 733 g/mol. The second-order valence-electron chi connectivity index (χ2n) is 15.7. The van der Waals surface area contributed by atoms with Crippen molar-refractivity contribution in [1.82, 2.24) is 0 Å². The number of benzene rings is 9. The zero-order valence-electron chi connectivity index (χ0n) is 33.0. The fourth-order valence-electron chi connectivity index (χ4n) is 9.20. The summed E-state index contributed by atoms with van der Waals surface area (Å²) in [6.45, 7) is 4.18. The molecule has 0 atom stereocenters. The average molecular weight is 769 g/mol.